The van der Waals surface area contributed by atoms with Gasteiger partial charge in [0.05, 0.1) is 0 Å². The third-order valence-corrected chi connectivity index (χ3v) is 2.91. The summed E-state index contributed by atoms with van der Waals surface area (Å²) in [4.78, 5) is 4.32. The first-order valence-electron chi connectivity index (χ1n) is 5.43. The quantitative estimate of drug-likeness (QED) is 0.907. The number of aromatic nitrogens is 2. The maximum Gasteiger partial charge on any atom is 0.203 e. The minimum absolute atomic E-state index is 0.226. The summed E-state index contributed by atoms with van der Waals surface area (Å²) >= 11 is 1.29. The Bertz CT molecular complexity index is 522. The molecular formula is C12H14FN3S. The number of hydrogen-bond acceptors (Lipinski definition) is 4. The molecule has 0 unspecified atom stereocenters. The minimum atomic E-state index is -0.226. The zero-order chi connectivity index (χ0) is 12.4. The summed E-state index contributed by atoms with van der Waals surface area (Å²) in [6, 6.07) is 5.35. The number of anilines is 1. The third kappa shape index (κ3) is 2.79. The molecule has 0 saturated carbocycles. The first kappa shape index (κ1) is 12.0. The Labute approximate surface area is 104 Å². The smallest absolute Gasteiger partial charge is 0.203 e. The molecule has 90 valence electrons. The second-order valence-electron chi connectivity index (χ2n) is 4.19. The van der Waals surface area contributed by atoms with Crippen LogP contribution in [0.25, 0.3) is 11.4 Å². The van der Waals surface area contributed by atoms with Crippen molar-refractivity contribution in [2.24, 2.45) is 0 Å². The fourth-order valence-electron chi connectivity index (χ4n) is 1.38. The molecule has 1 heterocycles. The molecule has 2 rings (SSSR count). The second kappa shape index (κ2) is 4.79. The lowest BCUT2D eigenvalue weighted by Crippen LogP contribution is -2.08. The van der Waals surface area contributed by atoms with Crippen molar-refractivity contribution in [3.63, 3.8) is 0 Å². The van der Waals surface area contributed by atoms with E-state index in [4.69, 9.17) is 0 Å². The van der Waals surface area contributed by atoms with Gasteiger partial charge in [0.2, 0.25) is 5.13 Å². The van der Waals surface area contributed by atoms with E-state index < -0.39 is 0 Å². The lowest BCUT2D eigenvalue weighted by molar-refractivity contribution is 0.619. The zero-order valence-electron chi connectivity index (χ0n) is 9.99. The van der Waals surface area contributed by atoms with Gasteiger partial charge in [-0.2, -0.15) is 9.36 Å². The summed E-state index contributed by atoms with van der Waals surface area (Å²) in [5, 5.41) is 3.93. The molecule has 0 amide bonds. The topological polar surface area (TPSA) is 37.8 Å². The fraction of sp³-hybridized carbons (Fsp3) is 0.333. The predicted molar refractivity (Wildman–Crippen MR) is 68.8 cm³/mol. The number of rotatable bonds is 3. The number of hydrogen-bond donors (Lipinski definition) is 1. The van der Waals surface area contributed by atoms with E-state index in [0.717, 1.165) is 5.13 Å². The molecule has 0 radical (unpaired) electrons. The van der Waals surface area contributed by atoms with Gasteiger partial charge in [-0.25, -0.2) is 4.39 Å². The molecule has 0 fully saturated rings. The number of nitrogens with zero attached hydrogens (tertiary/aromatic N) is 2. The average molecular weight is 251 g/mol. The second-order valence-corrected chi connectivity index (χ2v) is 4.94. The molecule has 0 aliphatic heterocycles. The van der Waals surface area contributed by atoms with E-state index in [1.54, 1.807) is 13.0 Å². The molecule has 0 atom stereocenters. The van der Waals surface area contributed by atoms with Gasteiger partial charge in [0, 0.05) is 23.1 Å². The lowest BCUT2D eigenvalue weighted by Gasteiger charge is -2.03. The van der Waals surface area contributed by atoms with Gasteiger partial charge >= 0.3 is 0 Å². The Balaban J connectivity index is 2.27. The van der Waals surface area contributed by atoms with Crippen LogP contribution in [0.2, 0.25) is 0 Å². The van der Waals surface area contributed by atoms with Crippen molar-refractivity contribution in [3.8, 4) is 11.4 Å². The van der Waals surface area contributed by atoms with Crippen LogP contribution < -0.4 is 5.32 Å². The summed E-state index contributed by atoms with van der Waals surface area (Å²) in [6.45, 7) is 5.80. The maximum atomic E-state index is 13.4. The highest BCUT2D eigenvalue weighted by Gasteiger charge is 2.08. The van der Waals surface area contributed by atoms with Crippen LogP contribution in [-0.4, -0.2) is 15.4 Å². The summed E-state index contributed by atoms with van der Waals surface area (Å²) in [5.41, 5.74) is 1.34. The summed E-state index contributed by atoms with van der Waals surface area (Å²) in [7, 11) is 0. The van der Waals surface area contributed by atoms with Crippen molar-refractivity contribution in [3.05, 3.63) is 29.6 Å². The highest BCUT2D eigenvalue weighted by molar-refractivity contribution is 7.09. The molecule has 1 aromatic carbocycles. The molecule has 5 heteroatoms. The molecule has 2 aromatic rings. The molecule has 0 aliphatic rings. The minimum Gasteiger partial charge on any atom is -0.358 e. The molecule has 1 N–H and O–H groups in total. The highest BCUT2D eigenvalue weighted by atomic mass is 32.1. The van der Waals surface area contributed by atoms with E-state index in [1.165, 1.54) is 17.6 Å². The van der Waals surface area contributed by atoms with E-state index in [1.807, 2.05) is 19.9 Å². The maximum absolute atomic E-state index is 13.4. The van der Waals surface area contributed by atoms with E-state index in [9.17, 15) is 4.39 Å². The molecule has 3 nitrogen and oxygen atoms in total. The van der Waals surface area contributed by atoms with Crippen molar-refractivity contribution in [2.75, 3.05) is 5.32 Å². The predicted octanol–water partition coefficient (Wildman–Crippen LogP) is 3.47. The van der Waals surface area contributed by atoms with Gasteiger partial charge < -0.3 is 5.32 Å². The Kier molecular flexibility index (Phi) is 3.38. The molecule has 0 bridgehead atoms. The SMILES string of the molecule is Cc1ccc(-c2nsc(NC(C)C)n2)cc1F. The van der Waals surface area contributed by atoms with E-state index in [-0.39, 0.29) is 5.82 Å². The van der Waals surface area contributed by atoms with Crippen molar-refractivity contribution in [1.82, 2.24) is 9.36 Å². The van der Waals surface area contributed by atoms with Gasteiger partial charge in [-0.15, -0.1) is 0 Å². The van der Waals surface area contributed by atoms with Gasteiger partial charge in [-0.1, -0.05) is 12.1 Å². The van der Waals surface area contributed by atoms with E-state index in [2.05, 4.69) is 14.7 Å². The molecular weight excluding hydrogens is 237 g/mol. The first-order chi connectivity index (χ1) is 8.06. The number of benzene rings is 1. The van der Waals surface area contributed by atoms with Gasteiger partial charge in [-0.3, -0.25) is 0 Å². The number of aryl methyl sites for hydroxylation is 1. The monoisotopic (exact) mass is 251 g/mol. The van der Waals surface area contributed by atoms with Crippen LogP contribution in [0.15, 0.2) is 18.2 Å². The van der Waals surface area contributed by atoms with Gasteiger partial charge in [0.1, 0.15) is 5.82 Å². The lowest BCUT2D eigenvalue weighted by atomic mass is 10.1. The Morgan fingerprint density at radius 3 is 2.76 bits per heavy atom. The third-order valence-electron chi connectivity index (χ3n) is 2.27. The Morgan fingerprint density at radius 2 is 2.12 bits per heavy atom. The van der Waals surface area contributed by atoms with E-state index in [0.29, 0.717) is 23.0 Å². The first-order valence-corrected chi connectivity index (χ1v) is 6.20. The number of halogens is 1. The standard InChI is InChI=1S/C12H14FN3S/c1-7(2)14-12-15-11(16-17-12)9-5-4-8(3)10(13)6-9/h4-7H,1-3H3,(H,14,15,16). The van der Waals surface area contributed by atoms with Crippen LogP contribution in [0.4, 0.5) is 9.52 Å². The van der Waals surface area contributed by atoms with Crippen LogP contribution in [-0.2, 0) is 0 Å². The fourth-order valence-corrected chi connectivity index (χ4v) is 2.11. The highest BCUT2D eigenvalue weighted by Crippen LogP contribution is 2.23. The van der Waals surface area contributed by atoms with Gasteiger partial charge in [-0.05, 0) is 32.4 Å². The van der Waals surface area contributed by atoms with Crippen LogP contribution >= 0.6 is 11.5 Å². The molecule has 0 aliphatic carbocycles. The van der Waals surface area contributed by atoms with Crippen LogP contribution in [0.5, 0.6) is 0 Å². The Morgan fingerprint density at radius 1 is 1.35 bits per heavy atom. The normalized spacial score (nSPS) is 10.9. The van der Waals surface area contributed by atoms with Crippen LogP contribution in [0.3, 0.4) is 0 Å². The van der Waals surface area contributed by atoms with Crippen molar-refractivity contribution < 1.29 is 4.39 Å². The largest absolute Gasteiger partial charge is 0.358 e. The summed E-state index contributed by atoms with van der Waals surface area (Å²) in [6.07, 6.45) is 0. The molecule has 0 saturated heterocycles. The molecule has 17 heavy (non-hydrogen) atoms. The van der Waals surface area contributed by atoms with Crippen molar-refractivity contribution in [1.29, 1.82) is 0 Å². The summed E-state index contributed by atoms with van der Waals surface area (Å²) < 4.78 is 17.6. The van der Waals surface area contributed by atoms with Crippen molar-refractivity contribution in [2.45, 2.75) is 26.8 Å². The number of nitrogens with one attached hydrogen (secondary N) is 1. The average Bonchev–Trinajstić information content (AvgIpc) is 2.69. The van der Waals surface area contributed by atoms with Crippen molar-refractivity contribution >= 4 is 16.7 Å². The van der Waals surface area contributed by atoms with E-state index >= 15 is 0 Å². The zero-order valence-corrected chi connectivity index (χ0v) is 10.8. The van der Waals surface area contributed by atoms with Gasteiger partial charge in [0.15, 0.2) is 5.82 Å². The summed E-state index contributed by atoms with van der Waals surface area (Å²) in [5.74, 6) is 0.340. The van der Waals surface area contributed by atoms with Crippen LogP contribution in [0.1, 0.15) is 19.4 Å². The van der Waals surface area contributed by atoms with Gasteiger partial charge in [0.25, 0.3) is 0 Å². The molecule has 0 spiro atoms. The Hall–Kier alpha value is -1.49. The van der Waals surface area contributed by atoms with Crippen LogP contribution in [0, 0.1) is 12.7 Å². The molecule has 1 aromatic heterocycles.